The van der Waals surface area contributed by atoms with Crippen LogP contribution in [0, 0.1) is 0 Å². The molecule has 3 rings (SSSR count). The first-order valence-electron chi connectivity index (χ1n) is 8.00. The summed E-state index contributed by atoms with van der Waals surface area (Å²) in [6.07, 6.45) is 2.50. The molecule has 1 aromatic heterocycles. The number of carbonyl (C=O) groups excluding carboxylic acids is 1. The van der Waals surface area contributed by atoms with E-state index in [0.29, 0.717) is 12.4 Å². The Morgan fingerprint density at radius 3 is 2.96 bits per heavy atom. The lowest BCUT2D eigenvalue weighted by atomic mass is 10.2. The fraction of sp³-hybridized carbons (Fsp3) is 0.353. The highest BCUT2D eigenvalue weighted by Gasteiger charge is 2.17. The van der Waals surface area contributed by atoms with Gasteiger partial charge in [0.25, 0.3) is 0 Å². The van der Waals surface area contributed by atoms with Gasteiger partial charge < -0.3 is 15.1 Å². The second-order valence-corrected chi connectivity index (χ2v) is 5.90. The van der Waals surface area contributed by atoms with Crippen LogP contribution < -0.4 is 20.4 Å². The number of hydrogen-bond acceptors (Lipinski definition) is 5. The second kappa shape index (κ2) is 7.16. The third-order valence-electron chi connectivity index (χ3n) is 4.00. The summed E-state index contributed by atoms with van der Waals surface area (Å²) in [5, 5.41) is 5.61. The minimum atomic E-state index is -0.258. The molecule has 7 heteroatoms. The molecule has 0 saturated heterocycles. The molecule has 1 aliphatic rings. The first-order chi connectivity index (χ1) is 11.6. The normalized spacial score (nSPS) is 12.7. The van der Waals surface area contributed by atoms with Crippen molar-refractivity contribution < 1.29 is 4.79 Å². The number of nitrogens with one attached hydrogen (secondary N) is 2. The van der Waals surface area contributed by atoms with Gasteiger partial charge >= 0.3 is 6.03 Å². The molecule has 7 nitrogen and oxygen atoms in total. The highest BCUT2D eigenvalue weighted by molar-refractivity contribution is 5.88. The Bertz CT molecular complexity index is 718. The summed E-state index contributed by atoms with van der Waals surface area (Å²) in [5.41, 5.74) is 2.64. The van der Waals surface area contributed by atoms with Crippen LogP contribution in [0.2, 0.25) is 0 Å². The molecule has 0 unspecified atom stereocenters. The summed E-state index contributed by atoms with van der Waals surface area (Å²) in [5.74, 6) is 1.23. The number of aromatic nitrogens is 2. The van der Waals surface area contributed by atoms with E-state index in [-0.39, 0.29) is 6.03 Å². The van der Waals surface area contributed by atoms with E-state index in [2.05, 4.69) is 49.8 Å². The van der Waals surface area contributed by atoms with Gasteiger partial charge in [-0.25, -0.2) is 14.8 Å². The Balaban J connectivity index is 1.48. The summed E-state index contributed by atoms with van der Waals surface area (Å²) in [7, 11) is 3.78. The van der Waals surface area contributed by atoms with Gasteiger partial charge in [-0.1, -0.05) is 18.2 Å². The minimum Gasteiger partial charge on any atom is -0.369 e. The molecule has 0 spiro atoms. The lowest BCUT2D eigenvalue weighted by molar-refractivity contribution is 0.252. The topological polar surface area (TPSA) is 73.4 Å². The van der Waals surface area contributed by atoms with Crippen LogP contribution in [0.5, 0.6) is 0 Å². The highest BCUT2D eigenvalue weighted by atomic mass is 16.2. The number of amides is 2. The van der Waals surface area contributed by atoms with Crippen molar-refractivity contribution in [1.82, 2.24) is 15.3 Å². The van der Waals surface area contributed by atoms with Crippen LogP contribution in [0.3, 0.4) is 0 Å². The summed E-state index contributed by atoms with van der Waals surface area (Å²) in [4.78, 5) is 24.3. The van der Waals surface area contributed by atoms with Crippen molar-refractivity contribution in [3.8, 4) is 0 Å². The molecule has 2 aromatic rings. The van der Waals surface area contributed by atoms with E-state index < -0.39 is 0 Å². The predicted octanol–water partition coefficient (Wildman–Crippen LogP) is 1.73. The van der Waals surface area contributed by atoms with Gasteiger partial charge in [0.2, 0.25) is 0 Å². The fourth-order valence-electron chi connectivity index (χ4n) is 2.76. The molecular formula is C17H22N6O. The smallest absolute Gasteiger partial charge is 0.320 e. The van der Waals surface area contributed by atoms with Crippen LogP contribution in [-0.4, -0.2) is 49.7 Å². The Morgan fingerprint density at radius 1 is 1.29 bits per heavy atom. The maximum Gasteiger partial charge on any atom is 0.320 e. The number of fused-ring (bicyclic) bond motifs is 1. The van der Waals surface area contributed by atoms with Crippen molar-refractivity contribution in [3.05, 3.63) is 42.2 Å². The molecule has 0 fully saturated rings. The van der Waals surface area contributed by atoms with E-state index in [1.807, 2.05) is 19.0 Å². The molecule has 1 aliphatic heterocycles. The largest absolute Gasteiger partial charge is 0.369 e. The molecule has 24 heavy (non-hydrogen) atoms. The van der Waals surface area contributed by atoms with Gasteiger partial charge in [-0.3, -0.25) is 5.32 Å². The highest BCUT2D eigenvalue weighted by Crippen LogP contribution is 2.26. The minimum absolute atomic E-state index is 0.258. The van der Waals surface area contributed by atoms with Crippen LogP contribution in [0.4, 0.5) is 22.1 Å². The number of benzene rings is 1. The number of urea groups is 1. The molecule has 2 amide bonds. The van der Waals surface area contributed by atoms with E-state index in [0.717, 1.165) is 25.3 Å². The standard InChI is InChI=1S/C17H22N6O/c1-22(2)16-11-15(19-12-20-16)21-17(24)18-8-10-23-9-7-13-5-3-4-6-14(13)23/h3-6,11-12H,7-10H2,1-2H3,(H2,18,19,20,21,24). The maximum absolute atomic E-state index is 12.0. The fourth-order valence-corrected chi connectivity index (χ4v) is 2.76. The lowest BCUT2D eigenvalue weighted by Gasteiger charge is -2.19. The average Bonchev–Trinajstić information content (AvgIpc) is 2.98. The number of carbonyl (C=O) groups is 1. The van der Waals surface area contributed by atoms with Crippen LogP contribution in [0.1, 0.15) is 5.56 Å². The predicted molar refractivity (Wildman–Crippen MR) is 95.7 cm³/mol. The molecule has 0 bridgehead atoms. The molecule has 2 heterocycles. The zero-order chi connectivity index (χ0) is 16.9. The third-order valence-corrected chi connectivity index (χ3v) is 4.00. The Kier molecular flexibility index (Phi) is 4.79. The number of nitrogens with zero attached hydrogens (tertiary/aromatic N) is 4. The van der Waals surface area contributed by atoms with Gasteiger partial charge in [0.05, 0.1) is 0 Å². The number of hydrogen-bond donors (Lipinski definition) is 2. The number of para-hydroxylation sites is 1. The van der Waals surface area contributed by atoms with E-state index >= 15 is 0 Å². The van der Waals surface area contributed by atoms with Gasteiger partial charge in [0, 0.05) is 45.5 Å². The Labute approximate surface area is 141 Å². The molecule has 0 radical (unpaired) electrons. The van der Waals surface area contributed by atoms with Crippen LogP contribution in [0.25, 0.3) is 0 Å². The van der Waals surface area contributed by atoms with Gasteiger partial charge in [0.1, 0.15) is 18.0 Å². The van der Waals surface area contributed by atoms with Crippen molar-refractivity contribution in [2.45, 2.75) is 6.42 Å². The number of anilines is 3. The summed E-state index contributed by atoms with van der Waals surface area (Å²) < 4.78 is 0. The van der Waals surface area contributed by atoms with Crippen molar-refractivity contribution in [2.24, 2.45) is 0 Å². The van der Waals surface area contributed by atoms with Gasteiger partial charge in [-0.2, -0.15) is 0 Å². The molecule has 0 saturated carbocycles. The van der Waals surface area contributed by atoms with Crippen molar-refractivity contribution >= 4 is 23.4 Å². The van der Waals surface area contributed by atoms with Crippen molar-refractivity contribution in [3.63, 3.8) is 0 Å². The van der Waals surface area contributed by atoms with E-state index in [1.165, 1.54) is 17.6 Å². The van der Waals surface area contributed by atoms with E-state index in [9.17, 15) is 4.79 Å². The quantitative estimate of drug-likeness (QED) is 0.875. The van der Waals surface area contributed by atoms with Gasteiger partial charge in [-0.15, -0.1) is 0 Å². The molecule has 0 atom stereocenters. The monoisotopic (exact) mass is 326 g/mol. The van der Waals surface area contributed by atoms with Crippen LogP contribution in [0.15, 0.2) is 36.7 Å². The molecule has 2 N–H and O–H groups in total. The first-order valence-corrected chi connectivity index (χ1v) is 8.00. The second-order valence-electron chi connectivity index (χ2n) is 5.90. The molecule has 126 valence electrons. The molecular weight excluding hydrogens is 304 g/mol. The average molecular weight is 326 g/mol. The SMILES string of the molecule is CN(C)c1cc(NC(=O)NCCN2CCc3ccccc32)ncn1. The Morgan fingerprint density at radius 2 is 2.12 bits per heavy atom. The summed E-state index contributed by atoms with van der Waals surface area (Å²) >= 11 is 0. The molecule has 0 aliphatic carbocycles. The summed E-state index contributed by atoms with van der Waals surface area (Å²) in [6.45, 7) is 2.36. The van der Waals surface area contributed by atoms with Crippen LogP contribution >= 0.6 is 0 Å². The first kappa shape index (κ1) is 16.0. The Hall–Kier alpha value is -2.83. The molecule has 1 aromatic carbocycles. The van der Waals surface area contributed by atoms with E-state index in [4.69, 9.17) is 0 Å². The van der Waals surface area contributed by atoms with Crippen molar-refractivity contribution in [1.29, 1.82) is 0 Å². The van der Waals surface area contributed by atoms with Crippen molar-refractivity contribution in [2.75, 3.05) is 48.8 Å². The third kappa shape index (κ3) is 3.73. The van der Waals surface area contributed by atoms with E-state index in [1.54, 1.807) is 6.07 Å². The summed E-state index contributed by atoms with van der Waals surface area (Å²) in [6, 6.07) is 9.88. The number of rotatable bonds is 5. The van der Waals surface area contributed by atoms with Crippen LogP contribution in [-0.2, 0) is 6.42 Å². The van der Waals surface area contributed by atoms with Gasteiger partial charge in [0.15, 0.2) is 0 Å². The van der Waals surface area contributed by atoms with Gasteiger partial charge in [-0.05, 0) is 18.1 Å². The maximum atomic E-state index is 12.0. The zero-order valence-corrected chi connectivity index (χ0v) is 14.0. The lowest BCUT2D eigenvalue weighted by Crippen LogP contribution is -2.36. The zero-order valence-electron chi connectivity index (χ0n) is 14.0.